The van der Waals surface area contributed by atoms with Crippen molar-refractivity contribution < 1.29 is 4.79 Å². The maximum atomic E-state index is 12.1. The van der Waals surface area contributed by atoms with Gasteiger partial charge in [-0.15, -0.1) is 11.3 Å². The molecule has 21 heavy (non-hydrogen) atoms. The van der Waals surface area contributed by atoms with Crippen molar-refractivity contribution in [2.75, 3.05) is 0 Å². The molecule has 1 aromatic heterocycles. The Bertz CT molecular complexity index is 622. The van der Waals surface area contributed by atoms with E-state index in [0.717, 1.165) is 17.1 Å². The molecule has 1 heterocycles. The van der Waals surface area contributed by atoms with Crippen molar-refractivity contribution in [3.63, 3.8) is 0 Å². The Hall–Kier alpha value is -1.48. The molecule has 0 aliphatic rings. The van der Waals surface area contributed by atoms with Crippen LogP contribution in [0.15, 0.2) is 29.6 Å². The zero-order chi connectivity index (χ0) is 15.5. The van der Waals surface area contributed by atoms with E-state index in [9.17, 15) is 4.79 Å². The quantitative estimate of drug-likeness (QED) is 0.814. The molecule has 0 fully saturated rings. The molecule has 0 aliphatic heterocycles. The molecule has 0 aliphatic carbocycles. The van der Waals surface area contributed by atoms with E-state index in [-0.39, 0.29) is 11.2 Å². The predicted molar refractivity (Wildman–Crippen MR) is 89.0 cm³/mol. The van der Waals surface area contributed by atoms with Crippen LogP contribution in [-0.4, -0.2) is 10.8 Å². The van der Waals surface area contributed by atoms with E-state index in [0.29, 0.717) is 12.8 Å². The number of Topliss-reactive ketones (excluding diaryl/α,β-unsaturated/α-hetero) is 1. The van der Waals surface area contributed by atoms with E-state index in [1.54, 1.807) is 11.3 Å². The molecule has 0 spiro atoms. The van der Waals surface area contributed by atoms with E-state index >= 15 is 0 Å². The molecule has 0 radical (unpaired) electrons. The third kappa shape index (κ3) is 4.50. The molecule has 112 valence electrons. The van der Waals surface area contributed by atoms with Gasteiger partial charge in [-0.3, -0.25) is 4.79 Å². The van der Waals surface area contributed by atoms with Gasteiger partial charge in [0.2, 0.25) is 0 Å². The van der Waals surface area contributed by atoms with Crippen molar-refractivity contribution in [1.82, 2.24) is 4.98 Å². The van der Waals surface area contributed by atoms with Crippen LogP contribution >= 0.6 is 11.3 Å². The summed E-state index contributed by atoms with van der Waals surface area (Å²) in [7, 11) is 0. The first-order valence-electron chi connectivity index (χ1n) is 7.37. The maximum Gasteiger partial charge on any atom is 0.140 e. The van der Waals surface area contributed by atoms with Crippen molar-refractivity contribution in [3.05, 3.63) is 51.5 Å². The molecule has 2 aromatic rings. The lowest BCUT2D eigenvalue weighted by molar-refractivity contribution is -0.118. The normalized spacial score (nSPS) is 11.6. The highest BCUT2D eigenvalue weighted by atomic mass is 32.1. The van der Waals surface area contributed by atoms with E-state index in [1.807, 2.05) is 12.1 Å². The van der Waals surface area contributed by atoms with Crippen molar-refractivity contribution in [2.24, 2.45) is 0 Å². The minimum Gasteiger partial charge on any atom is -0.299 e. The fourth-order valence-electron chi connectivity index (χ4n) is 2.16. The van der Waals surface area contributed by atoms with Crippen LogP contribution in [0.1, 0.15) is 49.0 Å². The van der Waals surface area contributed by atoms with Gasteiger partial charge in [-0.2, -0.15) is 0 Å². The van der Waals surface area contributed by atoms with Crippen LogP contribution < -0.4 is 0 Å². The first kappa shape index (κ1) is 15.9. The summed E-state index contributed by atoms with van der Waals surface area (Å²) in [4.78, 5) is 16.7. The van der Waals surface area contributed by atoms with Gasteiger partial charge < -0.3 is 0 Å². The molecule has 0 N–H and O–H groups in total. The highest BCUT2D eigenvalue weighted by Crippen LogP contribution is 2.24. The van der Waals surface area contributed by atoms with Crippen molar-refractivity contribution in [1.29, 1.82) is 0 Å². The summed E-state index contributed by atoms with van der Waals surface area (Å²) in [5.41, 5.74) is 3.66. The van der Waals surface area contributed by atoms with Crippen LogP contribution in [-0.2, 0) is 23.1 Å². The number of aromatic nitrogens is 1. The highest BCUT2D eigenvalue weighted by Gasteiger charge is 2.18. The number of rotatable bonds is 5. The minimum atomic E-state index is 0.0545. The molecule has 2 rings (SSSR count). The fourth-order valence-corrected chi connectivity index (χ4v) is 3.21. The Morgan fingerprint density at radius 1 is 1.24 bits per heavy atom. The van der Waals surface area contributed by atoms with E-state index in [2.05, 4.69) is 50.2 Å². The number of hydrogen-bond acceptors (Lipinski definition) is 3. The predicted octanol–water partition coefficient (Wildman–Crippen LogP) is 4.49. The number of hydrogen-bond donors (Lipinski definition) is 0. The maximum absolute atomic E-state index is 12.1. The summed E-state index contributed by atoms with van der Waals surface area (Å²) in [6.07, 6.45) is 1.88. The Kier molecular flexibility index (Phi) is 4.94. The summed E-state index contributed by atoms with van der Waals surface area (Å²) in [6, 6.07) is 8.26. The average Bonchev–Trinajstić information content (AvgIpc) is 2.86. The largest absolute Gasteiger partial charge is 0.299 e. The molecule has 0 saturated carbocycles. The van der Waals surface area contributed by atoms with Gasteiger partial charge in [0.1, 0.15) is 10.8 Å². The van der Waals surface area contributed by atoms with Gasteiger partial charge in [-0.1, -0.05) is 45.0 Å². The number of carbonyl (C=O) groups excluding carboxylic acids is 1. The topological polar surface area (TPSA) is 30.0 Å². The first-order chi connectivity index (χ1) is 9.86. The SMILES string of the molecule is Cc1ccccc1CCC(=O)Cc1nc(C(C)(C)C)cs1. The molecule has 0 saturated heterocycles. The number of nitrogens with zero attached hydrogens (tertiary/aromatic N) is 1. The van der Waals surface area contributed by atoms with Gasteiger partial charge in [0.15, 0.2) is 0 Å². The number of ketones is 1. The monoisotopic (exact) mass is 301 g/mol. The lowest BCUT2D eigenvalue weighted by Gasteiger charge is -2.14. The molecule has 0 unspecified atom stereocenters. The van der Waals surface area contributed by atoms with Crippen LogP contribution in [0.5, 0.6) is 0 Å². The van der Waals surface area contributed by atoms with Crippen molar-refractivity contribution in [3.8, 4) is 0 Å². The zero-order valence-electron chi connectivity index (χ0n) is 13.3. The lowest BCUT2D eigenvalue weighted by atomic mass is 9.93. The second-order valence-corrected chi connectivity index (χ2v) is 7.46. The number of thiazole rings is 1. The van der Waals surface area contributed by atoms with Gasteiger partial charge >= 0.3 is 0 Å². The fraction of sp³-hybridized carbons (Fsp3) is 0.444. The molecular formula is C18H23NOS. The smallest absolute Gasteiger partial charge is 0.140 e. The minimum absolute atomic E-state index is 0.0545. The third-order valence-corrected chi connectivity index (χ3v) is 4.45. The molecule has 3 heteroatoms. The average molecular weight is 301 g/mol. The summed E-state index contributed by atoms with van der Waals surface area (Å²) in [5, 5.41) is 3.01. The van der Waals surface area contributed by atoms with Gasteiger partial charge in [-0.05, 0) is 24.5 Å². The second kappa shape index (κ2) is 6.52. The molecule has 1 aromatic carbocycles. The van der Waals surface area contributed by atoms with Crippen LogP contribution in [0.3, 0.4) is 0 Å². The van der Waals surface area contributed by atoms with E-state index in [4.69, 9.17) is 0 Å². The van der Waals surface area contributed by atoms with E-state index < -0.39 is 0 Å². The molecule has 0 atom stereocenters. The van der Waals surface area contributed by atoms with Crippen LogP contribution in [0.4, 0.5) is 0 Å². The third-order valence-electron chi connectivity index (χ3n) is 3.60. The Morgan fingerprint density at radius 3 is 2.57 bits per heavy atom. The first-order valence-corrected chi connectivity index (χ1v) is 8.25. The van der Waals surface area contributed by atoms with Crippen molar-refractivity contribution >= 4 is 17.1 Å². The summed E-state index contributed by atoms with van der Waals surface area (Å²) in [6.45, 7) is 8.53. The van der Waals surface area contributed by atoms with Gasteiger partial charge in [-0.25, -0.2) is 4.98 Å². The van der Waals surface area contributed by atoms with Gasteiger partial charge in [0, 0.05) is 17.2 Å². The number of benzene rings is 1. The summed E-state index contributed by atoms with van der Waals surface area (Å²) < 4.78 is 0. The van der Waals surface area contributed by atoms with Crippen LogP contribution in [0.25, 0.3) is 0 Å². The van der Waals surface area contributed by atoms with Gasteiger partial charge in [0.25, 0.3) is 0 Å². The molecule has 0 amide bonds. The van der Waals surface area contributed by atoms with Crippen molar-refractivity contribution in [2.45, 2.75) is 52.4 Å². The summed E-state index contributed by atoms with van der Waals surface area (Å²) in [5.74, 6) is 0.271. The molecule has 0 bridgehead atoms. The second-order valence-electron chi connectivity index (χ2n) is 6.52. The van der Waals surface area contributed by atoms with Crippen LogP contribution in [0, 0.1) is 6.92 Å². The number of aryl methyl sites for hydroxylation is 2. The van der Waals surface area contributed by atoms with E-state index in [1.165, 1.54) is 11.1 Å². The zero-order valence-corrected chi connectivity index (χ0v) is 14.1. The standard InChI is InChI=1S/C18H23NOS/c1-13-7-5-6-8-14(13)9-10-15(20)11-17-19-16(12-21-17)18(2,3)4/h5-8,12H,9-11H2,1-4H3. The lowest BCUT2D eigenvalue weighted by Crippen LogP contribution is -2.12. The Labute approximate surface area is 131 Å². The van der Waals surface area contributed by atoms with Gasteiger partial charge in [0.05, 0.1) is 12.1 Å². The highest BCUT2D eigenvalue weighted by molar-refractivity contribution is 7.09. The Morgan fingerprint density at radius 2 is 1.95 bits per heavy atom. The molecular weight excluding hydrogens is 278 g/mol. The van der Waals surface area contributed by atoms with Crippen LogP contribution in [0.2, 0.25) is 0 Å². The summed E-state index contributed by atoms with van der Waals surface area (Å²) >= 11 is 1.60. The molecule has 2 nitrogen and oxygen atoms in total. The number of carbonyl (C=O) groups is 1. The Balaban J connectivity index is 1.90.